The lowest BCUT2D eigenvalue weighted by molar-refractivity contribution is -0.139. The highest BCUT2D eigenvalue weighted by atomic mass is 16.2. The third-order valence-electron chi connectivity index (χ3n) is 3.51. The second-order valence-corrected chi connectivity index (χ2v) is 6.15. The Kier molecular flexibility index (Phi) is 34.9. The SMILES string of the molecule is CC.CCCC=O.CCCNC.CCCNC(=O)CCN1C(=O)CC(C)C1=O.CO. The number of aliphatic hydroxyl groups is 1. The minimum absolute atomic E-state index is 0.109. The molecule has 3 N–H and O–H groups in total. The third kappa shape index (κ3) is 22.5. The maximum absolute atomic E-state index is 11.5. The Morgan fingerprint density at radius 1 is 1.10 bits per heavy atom. The zero-order chi connectivity index (χ0) is 24.4. The number of hydrogen-bond donors (Lipinski definition) is 3. The molecule has 1 heterocycles. The van der Waals surface area contributed by atoms with E-state index in [1.54, 1.807) is 6.92 Å². The Morgan fingerprint density at radius 3 is 1.90 bits per heavy atom. The van der Waals surface area contributed by atoms with Crippen molar-refractivity contribution in [3.05, 3.63) is 0 Å². The highest BCUT2D eigenvalue weighted by Crippen LogP contribution is 2.18. The summed E-state index contributed by atoms with van der Waals surface area (Å²) in [5.41, 5.74) is 0. The van der Waals surface area contributed by atoms with Gasteiger partial charge in [-0.15, -0.1) is 0 Å². The average Bonchev–Trinajstić information content (AvgIpc) is 3.01. The molecule has 0 spiro atoms. The Balaban J connectivity index is -0.000000199. The van der Waals surface area contributed by atoms with Crippen LogP contribution in [-0.2, 0) is 19.2 Å². The molecule has 1 aliphatic heterocycles. The third-order valence-corrected chi connectivity index (χ3v) is 3.51. The van der Waals surface area contributed by atoms with Crippen LogP contribution in [0.5, 0.6) is 0 Å². The molecule has 1 rings (SSSR count). The average molecular weight is 434 g/mol. The summed E-state index contributed by atoms with van der Waals surface area (Å²) in [4.78, 5) is 44.8. The molecule has 0 radical (unpaired) electrons. The molecule has 0 bridgehead atoms. The minimum atomic E-state index is -0.230. The lowest BCUT2D eigenvalue weighted by atomic mass is 10.1. The first kappa shape index (κ1) is 35.6. The van der Waals surface area contributed by atoms with E-state index < -0.39 is 0 Å². The van der Waals surface area contributed by atoms with Crippen molar-refractivity contribution in [1.82, 2.24) is 15.5 Å². The molecule has 3 amide bonds. The number of unbranched alkanes of at least 4 members (excludes halogenated alkanes) is 1. The molecule has 0 saturated carbocycles. The van der Waals surface area contributed by atoms with Gasteiger partial charge in [-0.2, -0.15) is 0 Å². The molecule has 30 heavy (non-hydrogen) atoms. The molecule has 0 aromatic carbocycles. The number of likely N-dealkylation sites (tertiary alicyclic amines) is 1. The summed E-state index contributed by atoms with van der Waals surface area (Å²) in [5, 5.41) is 12.7. The molecule has 1 saturated heterocycles. The van der Waals surface area contributed by atoms with Crippen LogP contribution < -0.4 is 10.6 Å². The zero-order valence-corrected chi connectivity index (χ0v) is 20.5. The van der Waals surface area contributed by atoms with Gasteiger partial charge in [-0.25, -0.2) is 0 Å². The predicted molar refractivity (Wildman–Crippen MR) is 123 cm³/mol. The van der Waals surface area contributed by atoms with Gasteiger partial charge < -0.3 is 20.5 Å². The van der Waals surface area contributed by atoms with Crippen LogP contribution in [0.25, 0.3) is 0 Å². The van der Waals surface area contributed by atoms with Gasteiger partial charge in [0.25, 0.3) is 0 Å². The summed E-state index contributed by atoms with van der Waals surface area (Å²) >= 11 is 0. The molecule has 0 aliphatic carbocycles. The van der Waals surface area contributed by atoms with E-state index in [0.29, 0.717) is 13.0 Å². The molecule has 0 aromatic heterocycles. The molecule has 1 atom stereocenters. The van der Waals surface area contributed by atoms with Crippen LogP contribution in [0.1, 0.15) is 80.1 Å². The Hall–Kier alpha value is -1.80. The second-order valence-electron chi connectivity index (χ2n) is 6.15. The fourth-order valence-corrected chi connectivity index (χ4v) is 2.02. The van der Waals surface area contributed by atoms with Crippen molar-refractivity contribution >= 4 is 24.0 Å². The van der Waals surface area contributed by atoms with E-state index in [-0.39, 0.29) is 43.0 Å². The standard InChI is InChI=1S/C11H18N2O3.C4H11N.C4H8O.C2H6.CH4O/c1-3-5-12-9(14)4-6-13-10(15)7-8(2)11(13)16;1-3-4-5-2;1-2-3-4-5;2*1-2/h8H,3-7H2,1-2H3,(H,12,14);5H,3-4H2,1-2H3;4H,2-3H2,1H3;1-2H3;2H,1H3. The zero-order valence-electron chi connectivity index (χ0n) is 20.5. The van der Waals surface area contributed by atoms with Gasteiger partial charge in [0.2, 0.25) is 17.7 Å². The number of aldehydes is 1. The van der Waals surface area contributed by atoms with Crippen LogP contribution in [0.15, 0.2) is 0 Å². The van der Waals surface area contributed by atoms with Gasteiger partial charge in [-0.3, -0.25) is 19.3 Å². The number of amides is 3. The van der Waals surface area contributed by atoms with Crippen molar-refractivity contribution in [1.29, 1.82) is 0 Å². The summed E-state index contributed by atoms with van der Waals surface area (Å²) in [6.07, 6.45) is 5.20. The van der Waals surface area contributed by atoms with Crippen molar-refractivity contribution in [2.24, 2.45) is 5.92 Å². The number of nitrogens with one attached hydrogen (secondary N) is 2. The van der Waals surface area contributed by atoms with Crippen molar-refractivity contribution < 1.29 is 24.3 Å². The largest absolute Gasteiger partial charge is 0.400 e. The van der Waals surface area contributed by atoms with E-state index >= 15 is 0 Å². The highest BCUT2D eigenvalue weighted by Gasteiger charge is 2.35. The van der Waals surface area contributed by atoms with Gasteiger partial charge >= 0.3 is 0 Å². The van der Waals surface area contributed by atoms with Crippen LogP contribution in [0.3, 0.4) is 0 Å². The number of imide groups is 1. The van der Waals surface area contributed by atoms with E-state index in [0.717, 1.165) is 32.8 Å². The highest BCUT2D eigenvalue weighted by molar-refractivity contribution is 6.03. The number of aliphatic hydroxyl groups excluding tert-OH is 1. The quantitative estimate of drug-likeness (QED) is 0.380. The van der Waals surface area contributed by atoms with Crippen LogP contribution in [0.4, 0.5) is 0 Å². The van der Waals surface area contributed by atoms with E-state index in [1.807, 2.05) is 34.7 Å². The van der Waals surface area contributed by atoms with Crippen LogP contribution in [-0.4, -0.2) is 67.8 Å². The summed E-state index contributed by atoms with van der Waals surface area (Å²) in [6, 6.07) is 0. The maximum Gasteiger partial charge on any atom is 0.232 e. The minimum Gasteiger partial charge on any atom is -0.400 e. The molecule has 1 unspecified atom stereocenters. The van der Waals surface area contributed by atoms with Gasteiger partial charge in [-0.05, 0) is 32.9 Å². The first-order valence-electron chi connectivity index (χ1n) is 11.0. The smallest absolute Gasteiger partial charge is 0.232 e. The lowest BCUT2D eigenvalue weighted by Gasteiger charge is -2.13. The molecule has 8 nitrogen and oxygen atoms in total. The topological polar surface area (TPSA) is 116 Å². The summed E-state index contributed by atoms with van der Waals surface area (Å²) in [5.74, 6) is -0.665. The second kappa shape index (κ2) is 29.4. The molecule has 0 aromatic rings. The van der Waals surface area contributed by atoms with Crippen LogP contribution in [0.2, 0.25) is 0 Å². The number of nitrogens with zero attached hydrogens (tertiary/aromatic N) is 1. The van der Waals surface area contributed by atoms with Gasteiger partial charge in [-0.1, -0.05) is 41.5 Å². The molecule has 8 heteroatoms. The van der Waals surface area contributed by atoms with Gasteiger partial charge in [0.05, 0.1) is 0 Å². The molecule has 1 aliphatic rings. The molecule has 180 valence electrons. The van der Waals surface area contributed by atoms with Crippen LogP contribution >= 0.6 is 0 Å². The van der Waals surface area contributed by atoms with Crippen molar-refractivity contribution in [2.75, 3.05) is 33.8 Å². The molecular weight excluding hydrogens is 386 g/mol. The van der Waals surface area contributed by atoms with Gasteiger partial charge in [0.1, 0.15) is 6.29 Å². The molecule has 1 fully saturated rings. The fraction of sp³-hybridized carbons (Fsp3) is 0.818. The Labute approximate surface area is 184 Å². The van der Waals surface area contributed by atoms with E-state index in [1.165, 1.54) is 11.3 Å². The van der Waals surface area contributed by atoms with Crippen molar-refractivity contribution in [3.8, 4) is 0 Å². The van der Waals surface area contributed by atoms with E-state index in [9.17, 15) is 19.2 Å². The first-order valence-corrected chi connectivity index (χ1v) is 11.0. The monoisotopic (exact) mass is 433 g/mol. The van der Waals surface area contributed by atoms with Gasteiger partial charge in [0, 0.05) is 45.4 Å². The Bertz CT molecular complexity index is 416. The fourth-order valence-electron chi connectivity index (χ4n) is 2.02. The normalized spacial score (nSPS) is 13.9. The lowest BCUT2D eigenvalue weighted by Crippen LogP contribution is -2.35. The van der Waals surface area contributed by atoms with E-state index in [4.69, 9.17) is 5.11 Å². The van der Waals surface area contributed by atoms with Crippen molar-refractivity contribution in [2.45, 2.75) is 80.1 Å². The number of rotatable bonds is 9. The number of carbonyl (C=O) groups excluding carboxylic acids is 4. The van der Waals surface area contributed by atoms with Crippen molar-refractivity contribution in [3.63, 3.8) is 0 Å². The summed E-state index contributed by atoms with van der Waals surface area (Å²) in [7, 11) is 2.96. The van der Waals surface area contributed by atoms with E-state index in [2.05, 4.69) is 17.6 Å². The first-order chi connectivity index (χ1) is 14.4. The summed E-state index contributed by atoms with van der Waals surface area (Å²) in [6.45, 7) is 13.8. The molecular formula is C22H47N3O5. The maximum atomic E-state index is 11.5. The van der Waals surface area contributed by atoms with Gasteiger partial charge in [0.15, 0.2) is 0 Å². The predicted octanol–water partition coefficient (Wildman–Crippen LogP) is 2.53. The van der Waals surface area contributed by atoms with Crippen LogP contribution in [0, 0.1) is 5.92 Å². The number of carbonyl (C=O) groups is 4. The Morgan fingerprint density at radius 2 is 1.63 bits per heavy atom. The summed E-state index contributed by atoms with van der Waals surface area (Å²) < 4.78 is 0. The number of hydrogen-bond acceptors (Lipinski definition) is 6.